The number of nitrogens with zero attached hydrogens (tertiary/aromatic N) is 3. The summed E-state index contributed by atoms with van der Waals surface area (Å²) in [5, 5.41) is 6.05. The van der Waals surface area contributed by atoms with Crippen molar-refractivity contribution in [2.45, 2.75) is 38.8 Å². The van der Waals surface area contributed by atoms with E-state index >= 15 is 0 Å². The minimum atomic E-state index is -0.0447. The maximum atomic E-state index is 12.0. The lowest BCUT2D eigenvalue weighted by molar-refractivity contribution is 0.214. The van der Waals surface area contributed by atoms with Gasteiger partial charge < -0.3 is 20.1 Å². The highest BCUT2D eigenvalue weighted by molar-refractivity contribution is 5.76. The first-order valence-corrected chi connectivity index (χ1v) is 8.78. The van der Waals surface area contributed by atoms with Crippen LogP contribution in [0.25, 0.3) is 11.0 Å². The van der Waals surface area contributed by atoms with E-state index in [1.54, 1.807) is 0 Å². The number of para-hydroxylation sites is 2. The fourth-order valence-corrected chi connectivity index (χ4v) is 3.31. The minimum Gasteiger partial charge on any atom is -0.338 e. The highest BCUT2D eigenvalue weighted by atomic mass is 16.2. The second kappa shape index (κ2) is 7.66. The molecule has 24 heavy (non-hydrogen) atoms. The van der Waals surface area contributed by atoms with Crippen LogP contribution in [0.3, 0.4) is 0 Å². The number of urea groups is 1. The first kappa shape index (κ1) is 16.8. The van der Waals surface area contributed by atoms with E-state index in [1.807, 2.05) is 25.1 Å². The fourth-order valence-electron chi connectivity index (χ4n) is 3.31. The van der Waals surface area contributed by atoms with Crippen LogP contribution >= 0.6 is 0 Å². The second-order valence-corrected chi connectivity index (χ2v) is 6.63. The van der Waals surface area contributed by atoms with Gasteiger partial charge in [0, 0.05) is 19.1 Å². The average Bonchev–Trinajstić information content (AvgIpc) is 2.89. The summed E-state index contributed by atoms with van der Waals surface area (Å²) < 4.78 is 2.21. The van der Waals surface area contributed by atoms with Crippen molar-refractivity contribution in [2.75, 3.05) is 26.7 Å². The van der Waals surface area contributed by atoms with Crippen LogP contribution in [-0.4, -0.2) is 53.2 Å². The van der Waals surface area contributed by atoms with Crippen molar-refractivity contribution in [1.82, 2.24) is 25.1 Å². The summed E-state index contributed by atoms with van der Waals surface area (Å²) in [5.74, 6) is 1.02. The third-order valence-electron chi connectivity index (χ3n) is 4.74. The van der Waals surface area contributed by atoms with Crippen molar-refractivity contribution in [1.29, 1.82) is 0 Å². The van der Waals surface area contributed by atoms with Crippen LogP contribution in [-0.2, 0) is 6.54 Å². The normalized spacial score (nSPS) is 16.4. The Hall–Kier alpha value is -2.08. The number of amides is 2. The molecule has 0 spiro atoms. The molecule has 2 heterocycles. The number of imidazole rings is 1. The maximum absolute atomic E-state index is 12.0. The fraction of sp³-hybridized carbons (Fsp3) is 0.556. The summed E-state index contributed by atoms with van der Waals surface area (Å²) in [6.45, 7) is 5.67. The molecule has 1 aromatic carbocycles. The standard InChI is InChI=1S/C18H27N5O/c1-14-20-16-6-3-4-7-17(16)23(14)11-5-10-19-18(24)21-15-8-12-22(2)13-9-15/h3-4,6-7,15H,5,8-13H2,1-2H3,(H2,19,21,24). The van der Waals surface area contributed by atoms with Gasteiger partial charge in [0.25, 0.3) is 0 Å². The number of aryl methyl sites for hydroxylation is 2. The summed E-state index contributed by atoms with van der Waals surface area (Å²) in [5.41, 5.74) is 2.19. The second-order valence-electron chi connectivity index (χ2n) is 6.63. The zero-order valence-electron chi connectivity index (χ0n) is 14.6. The van der Waals surface area contributed by atoms with Crippen molar-refractivity contribution in [3.63, 3.8) is 0 Å². The largest absolute Gasteiger partial charge is 0.338 e. The number of benzene rings is 1. The van der Waals surface area contributed by atoms with Crippen molar-refractivity contribution in [3.8, 4) is 0 Å². The van der Waals surface area contributed by atoms with Crippen LogP contribution in [0.5, 0.6) is 0 Å². The molecule has 0 bridgehead atoms. The number of fused-ring (bicyclic) bond motifs is 1. The first-order valence-electron chi connectivity index (χ1n) is 8.78. The van der Waals surface area contributed by atoms with Gasteiger partial charge in [-0.3, -0.25) is 0 Å². The molecule has 0 saturated carbocycles. The number of hydrogen-bond acceptors (Lipinski definition) is 3. The SMILES string of the molecule is Cc1nc2ccccc2n1CCCNC(=O)NC1CCN(C)CC1. The molecule has 1 fully saturated rings. The summed E-state index contributed by atoms with van der Waals surface area (Å²) in [6, 6.07) is 8.43. The van der Waals surface area contributed by atoms with Crippen LogP contribution in [0.15, 0.2) is 24.3 Å². The van der Waals surface area contributed by atoms with Gasteiger partial charge in [-0.25, -0.2) is 9.78 Å². The van der Waals surface area contributed by atoms with Gasteiger partial charge in [0.2, 0.25) is 0 Å². The van der Waals surface area contributed by atoms with E-state index in [-0.39, 0.29) is 6.03 Å². The Bertz CT molecular complexity index is 688. The zero-order valence-corrected chi connectivity index (χ0v) is 14.6. The van der Waals surface area contributed by atoms with Crippen molar-refractivity contribution in [2.24, 2.45) is 0 Å². The number of rotatable bonds is 5. The van der Waals surface area contributed by atoms with Crippen LogP contribution in [0.4, 0.5) is 4.79 Å². The lowest BCUT2D eigenvalue weighted by Crippen LogP contribution is -2.47. The highest BCUT2D eigenvalue weighted by Crippen LogP contribution is 2.15. The molecule has 0 radical (unpaired) electrons. The molecule has 1 aliphatic heterocycles. The molecule has 0 unspecified atom stereocenters. The van der Waals surface area contributed by atoms with Crippen molar-refractivity contribution in [3.05, 3.63) is 30.1 Å². The molecule has 1 aliphatic rings. The lowest BCUT2D eigenvalue weighted by atomic mass is 10.1. The molecule has 1 aromatic heterocycles. The summed E-state index contributed by atoms with van der Waals surface area (Å²) in [7, 11) is 2.12. The zero-order chi connectivity index (χ0) is 16.9. The van der Waals surface area contributed by atoms with Crippen LogP contribution in [0, 0.1) is 6.92 Å². The smallest absolute Gasteiger partial charge is 0.315 e. The van der Waals surface area contributed by atoms with E-state index in [0.717, 1.165) is 55.8 Å². The summed E-state index contributed by atoms with van der Waals surface area (Å²) in [6.07, 6.45) is 2.95. The molecular weight excluding hydrogens is 302 g/mol. The highest BCUT2D eigenvalue weighted by Gasteiger charge is 2.18. The van der Waals surface area contributed by atoms with Crippen molar-refractivity contribution < 1.29 is 4.79 Å². The van der Waals surface area contributed by atoms with E-state index in [2.05, 4.69) is 38.2 Å². The third kappa shape index (κ3) is 4.06. The Kier molecular flexibility index (Phi) is 5.35. The molecule has 6 nitrogen and oxygen atoms in total. The Balaban J connectivity index is 1.42. The minimum absolute atomic E-state index is 0.0447. The van der Waals surface area contributed by atoms with E-state index in [1.165, 1.54) is 0 Å². The molecular formula is C18H27N5O. The van der Waals surface area contributed by atoms with Crippen LogP contribution in [0.2, 0.25) is 0 Å². The van der Waals surface area contributed by atoms with Crippen molar-refractivity contribution >= 4 is 17.1 Å². The summed E-state index contributed by atoms with van der Waals surface area (Å²) in [4.78, 5) is 18.8. The number of carbonyl (C=O) groups is 1. The maximum Gasteiger partial charge on any atom is 0.315 e. The number of aromatic nitrogens is 2. The molecule has 0 atom stereocenters. The molecule has 6 heteroatoms. The van der Waals surface area contributed by atoms with Crippen LogP contribution < -0.4 is 10.6 Å². The van der Waals surface area contributed by atoms with E-state index in [0.29, 0.717) is 12.6 Å². The predicted molar refractivity (Wildman–Crippen MR) is 96.1 cm³/mol. The number of carbonyl (C=O) groups excluding carboxylic acids is 1. The third-order valence-corrected chi connectivity index (χ3v) is 4.74. The van der Waals surface area contributed by atoms with Gasteiger partial charge in [-0.15, -0.1) is 0 Å². The van der Waals surface area contributed by atoms with Gasteiger partial charge in [-0.2, -0.15) is 0 Å². The van der Waals surface area contributed by atoms with Gasteiger partial charge in [-0.1, -0.05) is 12.1 Å². The average molecular weight is 329 g/mol. The molecule has 0 aliphatic carbocycles. The van der Waals surface area contributed by atoms with Gasteiger partial charge >= 0.3 is 6.03 Å². The molecule has 2 amide bonds. The van der Waals surface area contributed by atoms with Gasteiger partial charge in [0.1, 0.15) is 5.82 Å². The number of nitrogens with one attached hydrogen (secondary N) is 2. The van der Waals surface area contributed by atoms with Gasteiger partial charge in [0.05, 0.1) is 11.0 Å². The monoisotopic (exact) mass is 329 g/mol. The summed E-state index contributed by atoms with van der Waals surface area (Å²) >= 11 is 0. The quantitative estimate of drug-likeness (QED) is 0.826. The van der Waals surface area contributed by atoms with Crippen LogP contribution in [0.1, 0.15) is 25.1 Å². The molecule has 2 aromatic rings. The Morgan fingerprint density at radius 2 is 2.04 bits per heavy atom. The molecule has 2 N–H and O–H groups in total. The van der Waals surface area contributed by atoms with E-state index < -0.39 is 0 Å². The predicted octanol–water partition coefficient (Wildman–Crippen LogP) is 2.13. The molecule has 1 saturated heterocycles. The number of hydrogen-bond donors (Lipinski definition) is 2. The Morgan fingerprint density at radius 3 is 2.83 bits per heavy atom. The number of likely N-dealkylation sites (tertiary alicyclic amines) is 1. The van der Waals surface area contributed by atoms with E-state index in [9.17, 15) is 4.79 Å². The Labute approximate surface area is 143 Å². The number of piperidine rings is 1. The Morgan fingerprint density at radius 1 is 1.29 bits per heavy atom. The van der Waals surface area contributed by atoms with Gasteiger partial charge in [-0.05, 0) is 58.5 Å². The topological polar surface area (TPSA) is 62.2 Å². The van der Waals surface area contributed by atoms with Gasteiger partial charge in [0.15, 0.2) is 0 Å². The molecule has 130 valence electrons. The van der Waals surface area contributed by atoms with E-state index in [4.69, 9.17) is 0 Å². The molecule has 3 rings (SSSR count). The first-order chi connectivity index (χ1) is 11.6. The lowest BCUT2D eigenvalue weighted by Gasteiger charge is -2.29.